The van der Waals surface area contributed by atoms with E-state index < -0.39 is 16.4 Å². The van der Waals surface area contributed by atoms with Crippen LogP contribution >= 0.6 is 0 Å². The van der Waals surface area contributed by atoms with Crippen LogP contribution in [0, 0.1) is 23.2 Å². The molecule has 6 aliphatic heterocycles. The predicted octanol–water partition coefficient (Wildman–Crippen LogP) is 5.43. The summed E-state index contributed by atoms with van der Waals surface area (Å²) in [5.74, 6) is 0.617. The zero-order valence-electron chi connectivity index (χ0n) is 32.7. The number of aromatic amines is 2. The molecule has 0 amide bonds. The van der Waals surface area contributed by atoms with Crippen LogP contribution in [0.3, 0.4) is 0 Å². The van der Waals surface area contributed by atoms with Gasteiger partial charge in [0.05, 0.1) is 39.6 Å². The minimum atomic E-state index is -0.958. The third kappa shape index (κ3) is 3.96. The summed E-state index contributed by atoms with van der Waals surface area (Å²) in [4.78, 5) is 41.9. The van der Waals surface area contributed by atoms with Gasteiger partial charge in [0.1, 0.15) is 28.4 Å². The van der Waals surface area contributed by atoms with Gasteiger partial charge in [-0.2, -0.15) is 0 Å². The fourth-order valence-corrected chi connectivity index (χ4v) is 14.0. The summed E-state index contributed by atoms with van der Waals surface area (Å²) in [5, 5.41) is 2.29. The summed E-state index contributed by atoms with van der Waals surface area (Å²) in [7, 11) is 6.90. The Balaban J connectivity index is 1.20. The number of esters is 2. The van der Waals surface area contributed by atoms with Gasteiger partial charge in [0, 0.05) is 63.7 Å². The van der Waals surface area contributed by atoms with Crippen molar-refractivity contribution in [2.24, 2.45) is 23.2 Å². The highest BCUT2D eigenvalue weighted by Gasteiger charge is 2.80. The maximum atomic E-state index is 14.6. The number of hydrogen-bond donors (Lipinski definition) is 2. The number of fused-ring (bicyclic) bond motifs is 7. The molecule has 12 rings (SSSR count). The molecule has 2 N–H and O–H groups in total. The van der Waals surface area contributed by atoms with Crippen molar-refractivity contribution in [2.45, 2.75) is 93.7 Å². The Bertz CT molecular complexity index is 2280. The number of epoxide rings is 1. The molecule has 1 saturated carbocycles. The number of nitrogens with one attached hydrogen (secondary N) is 2. The van der Waals surface area contributed by atoms with Gasteiger partial charge in [0.2, 0.25) is 0 Å². The van der Waals surface area contributed by atoms with Crippen LogP contribution in [0.15, 0.2) is 36.4 Å². The van der Waals surface area contributed by atoms with Gasteiger partial charge in [0.25, 0.3) is 0 Å². The fraction of sp³-hybridized carbons (Fsp3) is 0.591. The second-order valence-corrected chi connectivity index (χ2v) is 17.7. The molecule has 290 valence electrons. The van der Waals surface area contributed by atoms with Gasteiger partial charge in [-0.1, -0.05) is 31.5 Å². The van der Waals surface area contributed by atoms with E-state index >= 15 is 0 Å². The SMILES string of the molecule is CCC1CC2CCN3CCc4c([nH]c5c(C6CC7C8(C(=O)OC)COC(N(C)C8Cc8c6[nH]c6ccccc86)C76OC6C)c(OC)ccc45)C2(C(=O)OC)C13. The highest BCUT2D eigenvalue weighted by molar-refractivity contribution is 5.95. The third-order valence-corrected chi connectivity index (χ3v) is 16.1. The molecule has 2 aromatic heterocycles. The molecule has 8 heterocycles. The highest BCUT2D eigenvalue weighted by atomic mass is 16.7. The molecule has 2 aliphatic carbocycles. The van der Waals surface area contributed by atoms with Gasteiger partial charge in [0.15, 0.2) is 0 Å². The van der Waals surface area contributed by atoms with Crippen LogP contribution in [0.1, 0.15) is 73.5 Å². The molecule has 12 atom stereocenters. The molecule has 1 spiro atoms. The van der Waals surface area contributed by atoms with E-state index in [-0.39, 0.29) is 60.7 Å². The molecule has 5 saturated heterocycles. The number of nitrogens with zero attached hydrogens (tertiary/aromatic N) is 2. The van der Waals surface area contributed by atoms with E-state index in [2.05, 4.69) is 77.1 Å². The monoisotopic (exact) mass is 748 g/mol. The Morgan fingerprint density at radius 3 is 2.53 bits per heavy atom. The van der Waals surface area contributed by atoms with Crippen molar-refractivity contribution in [3.8, 4) is 5.75 Å². The first kappa shape index (κ1) is 34.4. The molecular formula is C44H52N4O7. The number of piperidine rings is 2. The summed E-state index contributed by atoms with van der Waals surface area (Å²) < 4.78 is 31.2. The first-order chi connectivity index (χ1) is 26.7. The van der Waals surface area contributed by atoms with E-state index in [4.69, 9.17) is 23.7 Å². The number of para-hydroxylation sites is 1. The Kier molecular flexibility index (Phi) is 7.24. The molecule has 11 heteroatoms. The maximum Gasteiger partial charge on any atom is 0.319 e. The van der Waals surface area contributed by atoms with E-state index in [0.29, 0.717) is 18.8 Å². The van der Waals surface area contributed by atoms with Crippen molar-refractivity contribution in [2.75, 3.05) is 48.1 Å². The molecule has 6 fully saturated rings. The second-order valence-electron chi connectivity index (χ2n) is 17.7. The third-order valence-electron chi connectivity index (χ3n) is 16.1. The van der Waals surface area contributed by atoms with Crippen molar-refractivity contribution in [1.29, 1.82) is 0 Å². The quantitative estimate of drug-likeness (QED) is 0.204. The summed E-state index contributed by atoms with van der Waals surface area (Å²) in [6.07, 6.45) is 4.76. The van der Waals surface area contributed by atoms with E-state index in [0.717, 1.165) is 83.3 Å². The molecule has 4 aromatic rings. The number of aromatic nitrogens is 2. The molecular weight excluding hydrogens is 697 g/mol. The lowest BCUT2D eigenvalue weighted by molar-refractivity contribution is -0.284. The van der Waals surface area contributed by atoms with Crippen LogP contribution < -0.4 is 4.74 Å². The van der Waals surface area contributed by atoms with Gasteiger partial charge in [-0.05, 0) is 93.8 Å². The minimum absolute atomic E-state index is 0.0880. The van der Waals surface area contributed by atoms with Gasteiger partial charge >= 0.3 is 11.9 Å². The van der Waals surface area contributed by atoms with Crippen LogP contribution in [0.5, 0.6) is 5.75 Å². The predicted molar refractivity (Wildman–Crippen MR) is 205 cm³/mol. The largest absolute Gasteiger partial charge is 0.496 e. The Morgan fingerprint density at radius 2 is 1.78 bits per heavy atom. The van der Waals surface area contributed by atoms with Crippen LogP contribution in [0.2, 0.25) is 0 Å². The number of likely N-dealkylation sites (N-methyl/N-ethyl adjacent to an activating group) is 1. The average Bonchev–Trinajstić information content (AvgIpc) is 3.44. The molecule has 8 bridgehead atoms. The minimum Gasteiger partial charge on any atom is -0.496 e. The molecule has 12 unspecified atom stereocenters. The summed E-state index contributed by atoms with van der Waals surface area (Å²) in [6, 6.07) is 12.8. The van der Waals surface area contributed by atoms with Gasteiger partial charge in [-0.25, -0.2) is 0 Å². The number of carbonyl (C=O) groups is 2. The van der Waals surface area contributed by atoms with Crippen LogP contribution in [0.25, 0.3) is 21.8 Å². The van der Waals surface area contributed by atoms with Crippen LogP contribution in [-0.2, 0) is 46.8 Å². The van der Waals surface area contributed by atoms with Crippen molar-refractivity contribution in [3.63, 3.8) is 0 Å². The lowest BCUT2D eigenvalue weighted by Gasteiger charge is -2.62. The number of carbonyl (C=O) groups excluding carboxylic acids is 2. The van der Waals surface area contributed by atoms with Crippen LogP contribution in [0.4, 0.5) is 0 Å². The molecule has 0 radical (unpaired) electrons. The lowest BCUT2D eigenvalue weighted by atomic mass is 9.54. The van der Waals surface area contributed by atoms with Gasteiger partial charge in [-0.15, -0.1) is 0 Å². The Labute approximate surface area is 321 Å². The smallest absolute Gasteiger partial charge is 0.319 e. The molecule has 11 nitrogen and oxygen atoms in total. The maximum absolute atomic E-state index is 14.6. The van der Waals surface area contributed by atoms with Crippen molar-refractivity contribution in [3.05, 3.63) is 64.5 Å². The number of rotatable bonds is 5. The number of H-pyrrole nitrogens is 2. The second kappa shape index (κ2) is 11.6. The van der Waals surface area contributed by atoms with Crippen molar-refractivity contribution in [1.82, 2.24) is 19.8 Å². The Morgan fingerprint density at radius 1 is 0.982 bits per heavy atom. The topological polar surface area (TPSA) is 122 Å². The normalized spacial score (nSPS) is 39.6. The lowest BCUT2D eigenvalue weighted by Crippen LogP contribution is -2.77. The first-order valence-electron chi connectivity index (χ1n) is 20.4. The number of hydrogen-bond acceptors (Lipinski definition) is 9. The van der Waals surface area contributed by atoms with E-state index in [1.807, 2.05) is 0 Å². The molecule has 2 aromatic carbocycles. The zero-order valence-corrected chi connectivity index (χ0v) is 32.7. The summed E-state index contributed by atoms with van der Waals surface area (Å²) in [5.41, 5.74) is 5.32. The number of ether oxygens (including phenoxy) is 5. The fourth-order valence-electron chi connectivity index (χ4n) is 14.0. The average molecular weight is 749 g/mol. The highest BCUT2D eigenvalue weighted by Crippen LogP contribution is 2.67. The summed E-state index contributed by atoms with van der Waals surface area (Å²) >= 11 is 0. The van der Waals surface area contributed by atoms with E-state index in [1.165, 1.54) is 18.2 Å². The van der Waals surface area contributed by atoms with E-state index in [1.54, 1.807) is 14.2 Å². The summed E-state index contributed by atoms with van der Waals surface area (Å²) in [6.45, 7) is 6.59. The van der Waals surface area contributed by atoms with Gasteiger partial charge in [-0.3, -0.25) is 19.4 Å². The molecule has 8 aliphatic rings. The van der Waals surface area contributed by atoms with Crippen LogP contribution in [-0.4, -0.2) is 110 Å². The number of benzene rings is 2. The van der Waals surface area contributed by atoms with Crippen molar-refractivity contribution < 1.29 is 33.3 Å². The Hall–Kier alpha value is -3.90. The van der Waals surface area contributed by atoms with E-state index in [9.17, 15) is 9.59 Å². The standard InChI is InChI=1S/C44H52N4O7/c1-7-23-18-24-14-16-48-17-15-27-26-12-13-31(51-4)34(36(26)46-37(27)43(24,38(23)48)41(50)53-6)29-19-32-42(40(49)52-5)21-54-39(44(32)22(2)55-44)47(3)33(42)20-28-25-10-8-9-11-30(25)45-35(28)29/h8-13,22-24,29,32-33,38-39,45-46H,7,14-21H2,1-6H3. The van der Waals surface area contributed by atoms with Gasteiger partial charge < -0.3 is 33.7 Å². The van der Waals surface area contributed by atoms with Crippen molar-refractivity contribution >= 4 is 33.7 Å². The molecule has 55 heavy (non-hydrogen) atoms. The zero-order chi connectivity index (χ0) is 37.8. The number of methoxy groups -OCH3 is 3. The first-order valence-corrected chi connectivity index (χ1v) is 20.4.